The number of piperidine rings is 1. The maximum Gasteiger partial charge on any atom is 0.327 e. The minimum atomic E-state index is -0.182. The summed E-state index contributed by atoms with van der Waals surface area (Å²) in [7, 11) is 0. The highest BCUT2D eigenvalue weighted by molar-refractivity contribution is 6.27. The highest BCUT2D eigenvalue weighted by atomic mass is 35.5. The summed E-state index contributed by atoms with van der Waals surface area (Å²) in [6, 6.07) is -0.0597. The number of carbonyl (C=O) groups is 3. The second-order valence-corrected chi connectivity index (χ2v) is 5.39. The van der Waals surface area contributed by atoms with Crippen molar-refractivity contribution in [1.82, 2.24) is 14.7 Å². The standard InChI is InChI=1S/C13H20ClN3O3/c1-2-11(18)17-8-7-16(13(17)20)10-3-5-15(6-4-10)12(19)9-14/h10H,2-9H2,1H3. The van der Waals surface area contributed by atoms with Crippen LogP contribution in [0.2, 0.25) is 0 Å². The number of rotatable bonds is 3. The lowest BCUT2D eigenvalue weighted by molar-refractivity contribution is -0.129. The number of halogens is 1. The van der Waals surface area contributed by atoms with Gasteiger partial charge in [-0.3, -0.25) is 14.5 Å². The monoisotopic (exact) mass is 301 g/mol. The van der Waals surface area contributed by atoms with E-state index in [-0.39, 0.29) is 29.8 Å². The van der Waals surface area contributed by atoms with Crippen LogP contribution in [0.4, 0.5) is 4.79 Å². The molecule has 6 nitrogen and oxygen atoms in total. The summed E-state index contributed by atoms with van der Waals surface area (Å²) in [5.74, 6) is -0.167. The van der Waals surface area contributed by atoms with Crippen LogP contribution in [0, 0.1) is 0 Å². The van der Waals surface area contributed by atoms with Crippen LogP contribution in [0.1, 0.15) is 26.2 Å². The number of nitrogens with zero attached hydrogens (tertiary/aromatic N) is 3. The van der Waals surface area contributed by atoms with Crippen molar-refractivity contribution in [3.05, 3.63) is 0 Å². The average Bonchev–Trinajstić information content (AvgIpc) is 2.87. The third kappa shape index (κ3) is 2.90. The van der Waals surface area contributed by atoms with Crippen molar-refractivity contribution in [2.24, 2.45) is 0 Å². The van der Waals surface area contributed by atoms with Gasteiger partial charge in [0, 0.05) is 38.6 Å². The Hall–Kier alpha value is -1.30. The quantitative estimate of drug-likeness (QED) is 0.727. The van der Waals surface area contributed by atoms with Gasteiger partial charge in [0.05, 0.1) is 0 Å². The largest absolute Gasteiger partial charge is 0.342 e. The van der Waals surface area contributed by atoms with Gasteiger partial charge in [0.2, 0.25) is 11.8 Å². The number of carbonyl (C=O) groups excluding carboxylic acids is 3. The lowest BCUT2D eigenvalue weighted by atomic mass is 10.0. The molecule has 112 valence electrons. The molecule has 0 aliphatic carbocycles. The van der Waals surface area contributed by atoms with E-state index in [9.17, 15) is 14.4 Å². The Morgan fingerprint density at radius 2 is 1.80 bits per heavy atom. The number of imide groups is 1. The molecule has 2 rings (SSSR count). The molecular formula is C13H20ClN3O3. The predicted molar refractivity (Wildman–Crippen MR) is 74.4 cm³/mol. The summed E-state index contributed by atoms with van der Waals surface area (Å²) >= 11 is 5.54. The molecule has 0 N–H and O–H groups in total. The highest BCUT2D eigenvalue weighted by Gasteiger charge is 2.37. The molecule has 2 aliphatic heterocycles. The van der Waals surface area contributed by atoms with Gasteiger partial charge in [0.1, 0.15) is 5.88 Å². The van der Waals surface area contributed by atoms with E-state index in [1.807, 2.05) is 0 Å². The molecule has 2 saturated heterocycles. The van der Waals surface area contributed by atoms with Gasteiger partial charge in [0.15, 0.2) is 0 Å². The second-order valence-electron chi connectivity index (χ2n) is 5.12. The summed E-state index contributed by atoms with van der Waals surface area (Å²) in [6.07, 6.45) is 1.85. The molecule has 0 saturated carbocycles. The molecule has 2 heterocycles. The number of hydrogen-bond acceptors (Lipinski definition) is 3. The van der Waals surface area contributed by atoms with Crippen LogP contribution in [0.5, 0.6) is 0 Å². The van der Waals surface area contributed by atoms with E-state index in [1.165, 1.54) is 4.90 Å². The van der Waals surface area contributed by atoms with Crippen LogP contribution in [0.25, 0.3) is 0 Å². The Balaban J connectivity index is 1.90. The van der Waals surface area contributed by atoms with E-state index in [1.54, 1.807) is 16.7 Å². The van der Waals surface area contributed by atoms with Gasteiger partial charge in [-0.15, -0.1) is 11.6 Å². The first-order chi connectivity index (χ1) is 9.58. The van der Waals surface area contributed by atoms with Crippen LogP contribution in [-0.2, 0) is 9.59 Å². The molecule has 0 spiro atoms. The molecular weight excluding hydrogens is 282 g/mol. The average molecular weight is 302 g/mol. The summed E-state index contributed by atoms with van der Waals surface area (Å²) in [6.45, 7) is 4.09. The molecule has 4 amide bonds. The Bertz CT molecular complexity index is 408. The van der Waals surface area contributed by atoms with Crippen molar-refractivity contribution < 1.29 is 14.4 Å². The first-order valence-corrected chi connectivity index (χ1v) is 7.56. The molecule has 2 aliphatic rings. The number of hydrogen-bond donors (Lipinski definition) is 0. The van der Waals surface area contributed by atoms with Crippen molar-refractivity contribution in [2.75, 3.05) is 32.1 Å². The van der Waals surface area contributed by atoms with Gasteiger partial charge in [-0.2, -0.15) is 0 Å². The summed E-state index contributed by atoms with van der Waals surface area (Å²) in [4.78, 5) is 40.2. The fourth-order valence-corrected chi connectivity index (χ4v) is 3.00. The highest BCUT2D eigenvalue weighted by Crippen LogP contribution is 2.22. The maximum absolute atomic E-state index is 12.2. The van der Waals surface area contributed by atoms with E-state index >= 15 is 0 Å². The summed E-state index contributed by atoms with van der Waals surface area (Å²) in [5, 5.41) is 0. The minimum Gasteiger partial charge on any atom is -0.342 e. The van der Waals surface area contributed by atoms with Crippen LogP contribution < -0.4 is 0 Å². The van der Waals surface area contributed by atoms with E-state index < -0.39 is 0 Å². The van der Waals surface area contributed by atoms with Gasteiger partial charge >= 0.3 is 6.03 Å². The first-order valence-electron chi connectivity index (χ1n) is 7.03. The fourth-order valence-electron chi connectivity index (χ4n) is 2.83. The molecule has 0 aromatic heterocycles. The zero-order valence-electron chi connectivity index (χ0n) is 11.7. The van der Waals surface area contributed by atoms with Crippen molar-refractivity contribution in [2.45, 2.75) is 32.2 Å². The molecule has 0 aromatic rings. The van der Waals surface area contributed by atoms with E-state index in [4.69, 9.17) is 11.6 Å². The number of urea groups is 1. The predicted octanol–water partition coefficient (Wildman–Crippen LogP) is 0.890. The zero-order chi connectivity index (χ0) is 14.7. The molecule has 7 heteroatoms. The Morgan fingerprint density at radius 1 is 1.15 bits per heavy atom. The molecule has 20 heavy (non-hydrogen) atoms. The normalized spacial score (nSPS) is 20.7. The maximum atomic E-state index is 12.2. The lowest BCUT2D eigenvalue weighted by Crippen LogP contribution is -2.48. The van der Waals surface area contributed by atoms with Gasteiger partial charge in [0.25, 0.3) is 0 Å². The fraction of sp³-hybridized carbons (Fsp3) is 0.769. The van der Waals surface area contributed by atoms with Crippen molar-refractivity contribution in [3.63, 3.8) is 0 Å². The first kappa shape index (κ1) is 15.1. The topological polar surface area (TPSA) is 60.9 Å². The SMILES string of the molecule is CCC(=O)N1CCN(C2CCN(C(=O)CCl)CC2)C1=O. The van der Waals surface area contributed by atoms with E-state index in [2.05, 4.69) is 0 Å². The van der Waals surface area contributed by atoms with E-state index in [0.717, 1.165) is 12.8 Å². The lowest BCUT2D eigenvalue weighted by Gasteiger charge is -2.36. The number of alkyl halides is 1. The summed E-state index contributed by atoms with van der Waals surface area (Å²) < 4.78 is 0. The van der Waals surface area contributed by atoms with Crippen LogP contribution in [0.15, 0.2) is 0 Å². The Kier molecular flexibility index (Phi) is 4.86. The molecule has 2 fully saturated rings. The van der Waals surface area contributed by atoms with Crippen LogP contribution in [-0.4, -0.2) is 70.6 Å². The zero-order valence-corrected chi connectivity index (χ0v) is 12.4. The Labute approximate surface area is 123 Å². The third-order valence-electron chi connectivity index (χ3n) is 4.02. The molecule has 0 atom stereocenters. The van der Waals surface area contributed by atoms with Gasteiger partial charge in [-0.05, 0) is 12.8 Å². The van der Waals surface area contributed by atoms with Crippen molar-refractivity contribution in [1.29, 1.82) is 0 Å². The van der Waals surface area contributed by atoms with Crippen molar-refractivity contribution >= 4 is 29.4 Å². The van der Waals surface area contributed by atoms with Gasteiger partial charge in [-0.25, -0.2) is 4.79 Å². The molecule has 0 bridgehead atoms. The molecule has 0 unspecified atom stereocenters. The second kappa shape index (κ2) is 6.43. The molecule has 0 radical (unpaired) electrons. The smallest absolute Gasteiger partial charge is 0.327 e. The van der Waals surface area contributed by atoms with Gasteiger partial charge in [-0.1, -0.05) is 6.92 Å². The minimum absolute atomic E-state index is 0.00604. The van der Waals surface area contributed by atoms with Gasteiger partial charge < -0.3 is 9.80 Å². The number of amides is 4. The van der Waals surface area contributed by atoms with E-state index in [0.29, 0.717) is 32.6 Å². The Morgan fingerprint density at radius 3 is 2.35 bits per heavy atom. The van der Waals surface area contributed by atoms with Crippen LogP contribution >= 0.6 is 11.6 Å². The molecule has 0 aromatic carbocycles. The third-order valence-corrected chi connectivity index (χ3v) is 4.25. The summed E-state index contributed by atoms with van der Waals surface area (Å²) in [5.41, 5.74) is 0. The van der Waals surface area contributed by atoms with Crippen LogP contribution in [0.3, 0.4) is 0 Å². The number of likely N-dealkylation sites (tertiary alicyclic amines) is 1. The van der Waals surface area contributed by atoms with Crippen molar-refractivity contribution in [3.8, 4) is 0 Å².